The van der Waals surface area contributed by atoms with Crippen LogP contribution < -0.4 is 5.73 Å². The number of amidine groups is 1. The van der Waals surface area contributed by atoms with Gasteiger partial charge in [-0.15, -0.1) is 0 Å². The molecule has 2 nitrogen and oxygen atoms in total. The third-order valence-electron chi connectivity index (χ3n) is 15.9. The van der Waals surface area contributed by atoms with Crippen molar-refractivity contribution in [2.24, 2.45) is 5.73 Å². The van der Waals surface area contributed by atoms with E-state index in [2.05, 4.69) is 218 Å². The lowest BCUT2D eigenvalue weighted by Gasteiger charge is -2.31. The SMILES string of the molecule is N=C(N)c1ccc2c(-c3ccc4c(c3)C3(c5ccccc5-c5ccccc53)c3ccccc3-4)c3ccccc3c(-c3ccc4c(c3)C3(c5ccccc5-c5ccccc53)c3ccccc3-4)c2c1. The molecule has 0 aromatic heterocycles. The standard InChI is InChI=1S/C65H40N2/c66-63(67)40-31-34-51-52(35-40)62(39-30-33-48-46-20-8-14-28-58(46)65(60(48)37-39)55-25-11-5-17-43(55)44-18-6-12-26-56(44)65)50-22-2-1-21-49(50)61(51)38-29-32-47-45-19-7-13-27-57(45)64(59(47)36-38)53-23-9-3-15-41(53)42-16-4-10-24-54(42)64/h1-37H,(H3,66,67). The van der Waals surface area contributed by atoms with Gasteiger partial charge in [0.1, 0.15) is 5.84 Å². The summed E-state index contributed by atoms with van der Waals surface area (Å²) >= 11 is 0. The molecule has 11 aromatic rings. The zero-order valence-electron chi connectivity index (χ0n) is 36.4. The van der Waals surface area contributed by atoms with Gasteiger partial charge < -0.3 is 5.73 Å². The highest BCUT2D eigenvalue weighted by atomic mass is 14.7. The van der Waals surface area contributed by atoms with E-state index in [1.807, 2.05) is 6.07 Å². The molecule has 4 aliphatic carbocycles. The highest BCUT2D eigenvalue weighted by Crippen LogP contribution is 2.65. The van der Waals surface area contributed by atoms with Gasteiger partial charge in [0.2, 0.25) is 0 Å². The van der Waals surface area contributed by atoms with E-state index in [0.29, 0.717) is 5.56 Å². The van der Waals surface area contributed by atoms with Crippen molar-refractivity contribution in [1.29, 1.82) is 5.41 Å². The minimum absolute atomic E-state index is 0.0564. The van der Waals surface area contributed by atoms with E-state index in [-0.39, 0.29) is 5.84 Å². The summed E-state index contributed by atoms with van der Waals surface area (Å²) in [7, 11) is 0. The Bertz CT molecular complexity index is 3910. The van der Waals surface area contributed by atoms with Gasteiger partial charge in [0.15, 0.2) is 0 Å². The number of rotatable bonds is 3. The number of nitrogens with one attached hydrogen (secondary N) is 1. The first-order valence-corrected chi connectivity index (χ1v) is 23.3. The Morgan fingerprint density at radius 1 is 0.284 bits per heavy atom. The Kier molecular flexibility index (Phi) is 7.14. The maximum Gasteiger partial charge on any atom is 0.122 e. The summed E-state index contributed by atoms with van der Waals surface area (Å²) < 4.78 is 0. The summed E-state index contributed by atoms with van der Waals surface area (Å²) in [6.45, 7) is 0. The fourth-order valence-electron chi connectivity index (χ4n) is 13.5. The van der Waals surface area contributed by atoms with Crippen molar-refractivity contribution < 1.29 is 0 Å². The second-order valence-corrected chi connectivity index (χ2v) is 18.8. The predicted octanol–water partition coefficient (Wildman–Crippen LogP) is 15.3. The van der Waals surface area contributed by atoms with Crippen molar-refractivity contribution in [3.63, 3.8) is 0 Å². The summed E-state index contributed by atoms with van der Waals surface area (Å²) in [5, 5.41) is 13.3. The van der Waals surface area contributed by atoms with Crippen LogP contribution in [0, 0.1) is 5.41 Å². The van der Waals surface area contributed by atoms with Crippen LogP contribution in [0.5, 0.6) is 0 Å². The van der Waals surface area contributed by atoms with Gasteiger partial charge in [-0.25, -0.2) is 0 Å². The van der Waals surface area contributed by atoms with Crippen LogP contribution in [0.4, 0.5) is 0 Å². The first-order valence-electron chi connectivity index (χ1n) is 23.3. The quantitative estimate of drug-likeness (QED) is 0.104. The van der Waals surface area contributed by atoms with Crippen LogP contribution in [-0.4, -0.2) is 5.84 Å². The Morgan fingerprint density at radius 2 is 0.582 bits per heavy atom. The first kappa shape index (κ1) is 36.7. The molecule has 0 saturated heterocycles. The molecule has 0 fully saturated rings. The fraction of sp³-hybridized carbons (Fsp3) is 0.0308. The van der Waals surface area contributed by atoms with E-state index in [1.54, 1.807) is 0 Å². The highest BCUT2D eigenvalue weighted by Gasteiger charge is 2.53. The van der Waals surface area contributed by atoms with E-state index < -0.39 is 10.8 Å². The molecule has 2 spiro atoms. The van der Waals surface area contributed by atoms with Gasteiger partial charge in [0.25, 0.3) is 0 Å². The molecule has 0 heterocycles. The third kappa shape index (κ3) is 4.43. The van der Waals surface area contributed by atoms with Crippen LogP contribution in [-0.2, 0) is 10.8 Å². The van der Waals surface area contributed by atoms with Crippen molar-refractivity contribution >= 4 is 27.4 Å². The average molecular weight is 849 g/mol. The maximum absolute atomic E-state index is 8.72. The van der Waals surface area contributed by atoms with Crippen LogP contribution in [0.2, 0.25) is 0 Å². The van der Waals surface area contributed by atoms with Gasteiger partial charge in [-0.05, 0) is 151 Å². The molecule has 3 N–H and O–H groups in total. The number of hydrogen-bond acceptors (Lipinski definition) is 1. The van der Waals surface area contributed by atoms with E-state index >= 15 is 0 Å². The minimum Gasteiger partial charge on any atom is -0.384 e. The van der Waals surface area contributed by atoms with Crippen molar-refractivity contribution in [3.8, 4) is 66.8 Å². The molecule has 4 aliphatic rings. The Labute approximate surface area is 388 Å². The Morgan fingerprint density at radius 3 is 0.940 bits per heavy atom. The minimum atomic E-state index is -0.472. The fourth-order valence-corrected chi connectivity index (χ4v) is 13.5. The summed E-state index contributed by atoms with van der Waals surface area (Å²) in [6, 6.07) is 83.8. The zero-order chi connectivity index (χ0) is 44.2. The summed E-state index contributed by atoms with van der Waals surface area (Å²) in [5.41, 5.74) is 31.7. The molecule has 15 rings (SSSR count). The molecule has 11 aromatic carbocycles. The molecule has 0 aliphatic heterocycles. The van der Waals surface area contributed by atoms with Crippen LogP contribution in [0.25, 0.3) is 88.3 Å². The monoisotopic (exact) mass is 848 g/mol. The largest absolute Gasteiger partial charge is 0.384 e. The summed E-state index contributed by atoms with van der Waals surface area (Å²) in [6.07, 6.45) is 0. The van der Waals surface area contributed by atoms with Crippen molar-refractivity contribution in [2.45, 2.75) is 10.8 Å². The highest BCUT2D eigenvalue weighted by molar-refractivity contribution is 6.23. The summed E-state index contributed by atoms with van der Waals surface area (Å²) in [4.78, 5) is 0. The van der Waals surface area contributed by atoms with Gasteiger partial charge in [0.05, 0.1) is 10.8 Å². The topological polar surface area (TPSA) is 49.9 Å². The van der Waals surface area contributed by atoms with Crippen LogP contribution in [0.1, 0.15) is 50.1 Å². The van der Waals surface area contributed by atoms with E-state index in [9.17, 15) is 0 Å². The van der Waals surface area contributed by atoms with Gasteiger partial charge in [-0.3, -0.25) is 5.41 Å². The van der Waals surface area contributed by atoms with Crippen LogP contribution >= 0.6 is 0 Å². The number of fused-ring (bicyclic) bond motifs is 22. The van der Waals surface area contributed by atoms with E-state index in [4.69, 9.17) is 11.1 Å². The second-order valence-electron chi connectivity index (χ2n) is 18.8. The Balaban J connectivity index is 1.02. The number of hydrogen-bond donors (Lipinski definition) is 2. The van der Waals surface area contributed by atoms with Crippen molar-refractivity contribution in [3.05, 3.63) is 275 Å². The molecule has 0 saturated carbocycles. The van der Waals surface area contributed by atoms with Crippen LogP contribution in [0.3, 0.4) is 0 Å². The maximum atomic E-state index is 8.72. The van der Waals surface area contributed by atoms with Gasteiger partial charge >= 0.3 is 0 Å². The van der Waals surface area contributed by atoms with Crippen molar-refractivity contribution in [1.82, 2.24) is 0 Å². The molecule has 310 valence electrons. The zero-order valence-corrected chi connectivity index (χ0v) is 36.4. The molecule has 0 unspecified atom stereocenters. The normalized spacial score (nSPS) is 14.3. The van der Waals surface area contributed by atoms with Gasteiger partial charge in [-0.2, -0.15) is 0 Å². The van der Waals surface area contributed by atoms with Crippen LogP contribution in [0.15, 0.2) is 224 Å². The third-order valence-corrected chi connectivity index (χ3v) is 15.9. The predicted molar refractivity (Wildman–Crippen MR) is 276 cm³/mol. The van der Waals surface area contributed by atoms with E-state index in [1.165, 1.54) is 106 Å². The van der Waals surface area contributed by atoms with Gasteiger partial charge in [0, 0.05) is 5.56 Å². The number of nitrogen functional groups attached to an aromatic ring is 1. The molecule has 0 radical (unpaired) electrons. The molecule has 2 heteroatoms. The van der Waals surface area contributed by atoms with E-state index in [0.717, 1.165) is 27.3 Å². The molecular formula is C65H40N2. The molecular weight excluding hydrogens is 809 g/mol. The smallest absolute Gasteiger partial charge is 0.122 e. The lowest BCUT2D eigenvalue weighted by molar-refractivity contribution is 0.794. The number of nitrogens with two attached hydrogens (primary N) is 1. The van der Waals surface area contributed by atoms with Crippen molar-refractivity contribution in [2.75, 3.05) is 0 Å². The number of benzene rings is 11. The molecule has 0 bridgehead atoms. The lowest BCUT2D eigenvalue weighted by Crippen LogP contribution is -2.25. The molecule has 67 heavy (non-hydrogen) atoms. The average Bonchev–Trinajstić information content (AvgIpc) is 4.06. The first-order chi connectivity index (χ1) is 33.1. The van der Waals surface area contributed by atoms with Gasteiger partial charge in [-0.1, -0.05) is 206 Å². The lowest BCUT2D eigenvalue weighted by atomic mass is 9.70. The molecule has 0 amide bonds. The molecule has 0 atom stereocenters. The second kappa shape index (κ2) is 13.0. The summed E-state index contributed by atoms with van der Waals surface area (Å²) in [5.74, 6) is 0.0564. The Hall–Kier alpha value is -8.59.